The van der Waals surface area contributed by atoms with Crippen LogP contribution in [0.15, 0.2) is 36.9 Å². The lowest BCUT2D eigenvalue weighted by Gasteiger charge is -2.32. The summed E-state index contributed by atoms with van der Waals surface area (Å²) in [6.07, 6.45) is 4.08. The Hall–Kier alpha value is -2.01. The van der Waals surface area contributed by atoms with E-state index in [1.165, 1.54) is 23.4 Å². The van der Waals surface area contributed by atoms with E-state index in [1.54, 1.807) is 6.08 Å². The van der Waals surface area contributed by atoms with E-state index in [-0.39, 0.29) is 19.2 Å². The minimum atomic E-state index is -0.349. The summed E-state index contributed by atoms with van der Waals surface area (Å²) in [7, 11) is 0. The zero-order chi connectivity index (χ0) is 16.7. The number of anilines is 1. The van der Waals surface area contributed by atoms with E-state index in [0.29, 0.717) is 12.2 Å². The van der Waals surface area contributed by atoms with Gasteiger partial charge in [0.1, 0.15) is 0 Å². The molecule has 2 amide bonds. The zero-order valence-corrected chi connectivity index (χ0v) is 13.8. The number of aliphatic hydroxyl groups is 1. The first kappa shape index (κ1) is 17.3. The van der Waals surface area contributed by atoms with Crippen molar-refractivity contribution in [2.45, 2.75) is 19.8 Å². The molecule has 5 heteroatoms. The van der Waals surface area contributed by atoms with Crippen molar-refractivity contribution >= 4 is 17.4 Å². The Labute approximate surface area is 138 Å². The molecule has 1 radical (unpaired) electrons. The van der Waals surface area contributed by atoms with Crippen LogP contribution in [0.25, 0.3) is 0 Å². The van der Waals surface area contributed by atoms with Crippen LogP contribution in [0.5, 0.6) is 0 Å². The zero-order valence-electron chi connectivity index (χ0n) is 13.8. The molecular formula is C18H26N3O2. The van der Waals surface area contributed by atoms with Gasteiger partial charge in [0.05, 0.1) is 12.3 Å². The molecule has 1 aliphatic heterocycles. The molecule has 0 aliphatic carbocycles. The number of rotatable bonds is 6. The van der Waals surface area contributed by atoms with Crippen LogP contribution in [0, 0.1) is 5.92 Å². The molecule has 1 aromatic carbocycles. The van der Waals surface area contributed by atoms with Gasteiger partial charge >= 0.3 is 6.03 Å². The van der Waals surface area contributed by atoms with Gasteiger partial charge in [-0.05, 0) is 43.0 Å². The molecule has 1 aliphatic rings. The smallest absolute Gasteiger partial charge is 0.344 e. The summed E-state index contributed by atoms with van der Waals surface area (Å²) >= 11 is 0. The molecule has 1 saturated heterocycles. The van der Waals surface area contributed by atoms with Gasteiger partial charge in [-0.25, -0.2) is 4.79 Å². The largest absolute Gasteiger partial charge is 0.395 e. The number of amides is 2. The summed E-state index contributed by atoms with van der Waals surface area (Å²) in [6, 6.07) is 7.43. The highest BCUT2D eigenvalue weighted by molar-refractivity contribution is 5.79. The molecular weight excluding hydrogens is 290 g/mol. The van der Waals surface area contributed by atoms with Crippen molar-refractivity contribution in [1.82, 2.24) is 10.2 Å². The lowest BCUT2D eigenvalue weighted by atomic mass is 9.99. The summed E-state index contributed by atoms with van der Waals surface area (Å²) in [5.74, 6) is 0.806. The van der Waals surface area contributed by atoms with Crippen molar-refractivity contribution in [3.8, 4) is 0 Å². The van der Waals surface area contributed by atoms with E-state index in [2.05, 4.69) is 23.7 Å². The van der Waals surface area contributed by atoms with E-state index in [0.717, 1.165) is 19.0 Å². The van der Waals surface area contributed by atoms with E-state index >= 15 is 0 Å². The van der Waals surface area contributed by atoms with E-state index in [1.807, 2.05) is 24.3 Å². The first-order valence-corrected chi connectivity index (χ1v) is 8.21. The maximum absolute atomic E-state index is 12.1. The average molecular weight is 316 g/mol. The fourth-order valence-corrected chi connectivity index (χ4v) is 2.73. The third kappa shape index (κ3) is 4.99. The van der Waals surface area contributed by atoms with Gasteiger partial charge < -0.3 is 14.9 Å². The minimum Gasteiger partial charge on any atom is -0.395 e. The third-order valence-electron chi connectivity index (χ3n) is 4.21. The number of hydrogen-bond donors (Lipinski definition) is 1. The first-order valence-electron chi connectivity index (χ1n) is 8.21. The Bertz CT molecular complexity index is 508. The number of hydrogen-bond acceptors (Lipinski definition) is 3. The molecule has 1 fully saturated rings. The SMILES string of the molecule is C=CCN(CCO)C(=O)[N]c1ccc(N2CCC(C)CC2)cc1. The molecule has 2 rings (SSSR count). The molecule has 0 aromatic heterocycles. The maximum Gasteiger partial charge on any atom is 0.344 e. The number of piperidine rings is 1. The van der Waals surface area contributed by atoms with Crippen LogP contribution >= 0.6 is 0 Å². The van der Waals surface area contributed by atoms with E-state index < -0.39 is 0 Å². The lowest BCUT2D eigenvalue weighted by Crippen LogP contribution is -2.36. The fourth-order valence-electron chi connectivity index (χ4n) is 2.73. The monoisotopic (exact) mass is 316 g/mol. The number of aliphatic hydroxyl groups excluding tert-OH is 1. The maximum atomic E-state index is 12.1. The number of urea groups is 1. The van der Waals surface area contributed by atoms with Gasteiger partial charge in [0.25, 0.3) is 0 Å². The Morgan fingerprint density at radius 2 is 2.04 bits per heavy atom. The lowest BCUT2D eigenvalue weighted by molar-refractivity contribution is 0.186. The summed E-state index contributed by atoms with van der Waals surface area (Å²) in [6.45, 7) is 8.65. The Morgan fingerprint density at radius 1 is 1.39 bits per heavy atom. The molecule has 0 spiro atoms. The van der Waals surface area contributed by atoms with Gasteiger partial charge in [-0.1, -0.05) is 13.0 Å². The van der Waals surface area contributed by atoms with Crippen LogP contribution in [0.4, 0.5) is 16.2 Å². The number of carbonyl (C=O) groups is 1. The number of benzene rings is 1. The topological polar surface area (TPSA) is 57.9 Å². The van der Waals surface area contributed by atoms with Crippen LogP contribution in [-0.2, 0) is 0 Å². The van der Waals surface area contributed by atoms with Gasteiger partial charge in [-0.3, -0.25) is 0 Å². The van der Waals surface area contributed by atoms with Crippen LogP contribution < -0.4 is 10.2 Å². The van der Waals surface area contributed by atoms with Gasteiger partial charge in [0, 0.05) is 31.9 Å². The predicted molar refractivity (Wildman–Crippen MR) is 93.1 cm³/mol. The number of nitrogens with zero attached hydrogens (tertiary/aromatic N) is 3. The van der Waals surface area contributed by atoms with Crippen molar-refractivity contribution in [3.63, 3.8) is 0 Å². The second-order valence-electron chi connectivity index (χ2n) is 6.04. The van der Waals surface area contributed by atoms with E-state index in [4.69, 9.17) is 5.11 Å². The Balaban J connectivity index is 1.93. The Kier molecular flexibility index (Phi) is 6.47. The molecule has 5 nitrogen and oxygen atoms in total. The van der Waals surface area contributed by atoms with Gasteiger partial charge in [-0.2, -0.15) is 5.32 Å². The van der Waals surface area contributed by atoms with Crippen molar-refractivity contribution in [1.29, 1.82) is 0 Å². The highest BCUT2D eigenvalue weighted by Gasteiger charge is 2.17. The Morgan fingerprint density at radius 3 is 2.61 bits per heavy atom. The van der Waals surface area contributed by atoms with Crippen LogP contribution in [0.2, 0.25) is 0 Å². The second-order valence-corrected chi connectivity index (χ2v) is 6.04. The van der Waals surface area contributed by atoms with E-state index in [9.17, 15) is 4.79 Å². The molecule has 125 valence electrons. The van der Waals surface area contributed by atoms with Gasteiger partial charge in [0.15, 0.2) is 0 Å². The molecule has 1 N–H and O–H groups in total. The molecule has 0 atom stereocenters. The molecule has 0 saturated carbocycles. The third-order valence-corrected chi connectivity index (χ3v) is 4.21. The van der Waals surface area contributed by atoms with Crippen molar-refractivity contribution in [2.75, 3.05) is 37.7 Å². The highest BCUT2D eigenvalue weighted by atomic mass is 16.3. The van der Waals surface area contributed by atoms with Crippen molar-refractivity contribution < 1.29 is 9.90 Å². The normalized spacial score (nSPS) is 15.3. The second kappa shape index (κ2) is 8.58. The quantitative estimate of drug-likeness (QED) is 0.821. The van der Waals surface area contributed by atoms with Crippen LogP contribution in [0.1, 0.15) is 19.8 Å². The minimum absolute atomic E-state index is 0.0819. The molecule has 1 aromatic rings. The van der Waals surface area contributed by atoms with Crippen LogP contribution in [-0.4, -0.2) is 48.8 Å². The molecule has 1 heterocycles. The number of carbonyl (C=O) groups excluding carboxylic acids is 1. The molecule has 0 unspecified atom stereocenters. The van der Waals surface area contributed by atoms with Crippen molar-refractivity contribution in [2.24, 2.45) is 5.92 Å². The van der Waals surface area contributed by atoms with Crippen LogP contribution in [0.3, 0.4) is 0 Å². The predicted octanol–water partition coefficient (Wildman–Crippen LogP) is 2.76. The summed E-state index contributed by atoms with van der Waals surface area (Å²) in [5.41, 5.74) is 1.82. The standard InChI is InChI=1S/C18H26N3O2/c1-3-10-21(13-14-22)18(23)19-16-4-6-17(7-5-16)20-11-8-15(2)9-12-20/h3-7,15,22H,1,8-14H2,2H3. The summed E-state index contributed by atoms with van der Waals surface area (Å²) in [4.78, 5) is 15.9. The summed E-state index contributed by atoms with van der Waals surface area (Å²) in [5, 5.41) is 13.1. The highest BCUT2D eigenvalue weighted by Crippen LogP contribution is 2.24. The van der Waals surface area contributed by atoms with Gasteiger partial charge in [-0.15, -0.1) is 6.58 Å². The summed E-state index contributed by atoms with van der Waals surface area (Å²) < 4.78 is 0. The fraction of sp³-hybridized carbons (Fsp3) is 0.500. The van der Waals surface area contributed by atoms with Gasteiger partial charge in [0.2, 0.25) is 0 Å². The average Bonchev–Trinajstić information content (AvgIpc) is 2.56. The van der Waals surface area contributed by atoms with Crippen molar-refractivity contribution in [3.05, 3.63) is 36.9 Å². The first-order chi connectivity index (χ1) is 11.1. The molecule has 0 bridgehead atoms. The molecule has 23 heavy (non-hydrogen) atoms.